The van der Waals surface area contributed by atoms with E-state index in [9.17, 15) is 0 Å². The third-order valence-corrected chi connectivity index (χ3v) is 3.14. The molecule has 1 aliphatic rings. The van der Waals surface area contributed by atoms with Gasteiger partial charge in [0.15, 0.2) is 11.5 Å². The fourth-order valence-electron chi connectivity index (χ4n) is 2.00. The van der Waals surface area contributed by atoms with Gasteiger partial charge in [-0.15, -0.1) is 0 Å². The molecule has 0 atom stereocenters. The minimum Gasteiger partial charge on any atom is -0.454 e. The maximum absolute atomic E-state index is 5.40. The molecule has 4 nitrogen and oxygen atoms in total. The van der Waals surface area contributed by atoms with E-state index >= 15 is 0 Å². The van der Waals surface area contributed by atoms with Gasteiger partial charge in [0.25, 0.3) is 0 Å². The van der Waals surface area contributed by atoms with Crippen LogP contribution in [0.25, 0.3) is 0 Å². The van der Waals surface area contributed by atoms with Crippen molar-refractivity contribution in [1.29, 1.82) is 0 Å². The van der Waals surface area contributed by atoms with Crippen molar-refractivity contribution in [3.63, 3.8) is 0 Å². The standard InChI is InChI=1S/C14H21NO3/c1-11(2)15(6-7-16-3)9-12-4-5-13-14(8-12)18-10-17-13/h4-5,8,11H,6-7,9-10H2,1-3H3. The second-order valence-electron chi connectivity index (χ2n) is 4.74. The fraction of sp³-hybridized carbons (Fsp3) is 0.571. The average molecular weight is 251 g/mol. The van der Waals surface area contributed by atoms with Gasteiger partial charge in [-0.1, -0.05) is 6.07 Å². The van der Waals surface area contributed by atoms with Gasteiger partial charge in [0.05, 0.1) is 6.61 Å². The molecule has 4 heteroatoms. The molecule has 1 aromatic carbocycles. The van der Waals surface area contributed by atoms with Crippen molar-refractivity contribution in [2.75, 3.05) is 27.1 Å². The first kappa shape index (κ1) is 13.2. The van der Waals surface area contributed by atoms with Crippen LogP contribution in [-0.2, 0) is 11.3 Å². The molecule has 1 heterocycles. The molecule has 2 rings (SSSR count). The van der Waals surface area contributed by atoms with Crippen LogP contribution in [0.15, 0.2) is 18.2 Å². The number of hydrogen-bond donors (Lipinski definition) is 0. The number of nitrogens with zero attached hydrogens (tertiary/aromatic N) is 1. The molecular weight excluding hydrogens is 230 g/mol. The molecule has 0 unspecified atom stereocenters. The van der Waals surface area contributed by atoms with Crippen LogP contribution in [-0.4, -0.2) is 38.0 Å². The van der Waals surface area contributed by atoms with Crippen molar-refractivity contribution in [1.82, 2.24) is 4.90 Å². The Hall–Kier alpha value is -1.26. The third-order valence-electron chi connectivity index (χ3n) is 3.14. The Bertz CT molecular complexity index is 393. The van der Waals surface area contributed by atoms with Crippen molar-refractivity contribution >= 4 is 0 Å². The van der Waals surface area contributed by atoms with E-state index in [-0.39, 0.29) is 0 Å². The molecule has 0 radical (unpaired) electrons. The molecule has 0 bridgehead atoms. The summed E-state index contributed by atoms with van der Waals surface area (Å²) in [5.41, 5.74) is 1.24. The summed E-state index contributed by atoms with van der Waals surface area (Å²) in [5.74, 6) is 1.69. The van der Waals surface area contributed by atoms with Crippen molar-refractivity contribution in [2.24, 2.45) is 0 Å². The van der Waals surface area contributed by atoms with Gasteiger partial charge >= 0.3 is 0 Å². The number of rotatable bonds is 6. The monoisotopic (exact) mass is 251 g/mol. The minimum absolute atomic E-state index is 0.330. The Balaban J connectivity index is 2.02. The van der Waals surface area contributed by atoms with E-state index in [1.165, 1.54) is 5.56 Å². The van der Waals surface area contributed by atoms with Gasteiger partial charge in [0.1, 0.15) is 0 Å². The number of ether oxygens (including phenoxy) is 3. The van der Waals surface area contributed by atoms with Crippen LogP contribution in [0.2, 0.25) is 0 Å². The summed E-state index contributed by atoms with van der Waals surface area (Å²) >= 11 is 0. The lowest BCUT2D eigenvalue weighted by Crippen LogP contribution is -2.33. The van der Waals surface area contributed by atoms with Gasteiger partial charge in [0, 0.05) is 26.2 Å². The molecule has 0 N–H and O–H groups in total. The Morgan fingerprint density at radius 3 is 2.78 bits per heavy atom. The van der Waals surface area contributed by atoms with Crippen LogP contribution in [0.4, 0.5) is 0 Å². The Labute approximate surface area is 108 Å². The van der Waals surface area contributed by atoms with E-state index in [1.54, 1.807) is 7.11 Å². The highest BCUT2D eigenvalue weighted by Crippen LogP contribution is 2.32. The van der Waals surface area contributed by atoms with E-state index in [2.05, 4.69) is 30.9 Å². The van der Waals surface area contributed by atoms with Crippen LogP contribution in [0.3, 0.4) is 0 Å². The zero-order valence-electron chi connectivity index (χ0n) is 11.3. The molecule has 0 spiro atoms. The van der Waals surface area contributed by atoms with E-state index in [4.69, 9.17) is 14.2 Å². The highest BCUT2D eigenvalue weighted by molar-refractivity contribution is 5.44. The lowest BCUT2D eigenvalue weighted by Gasteiger charge is -2.26. The molecular formula is C14H21NO3. The topological polar surface area (TPSA) is 30.9 Å². The fourth-order valence-corrected chi connectivity index (χ4v) is 2.00. The van der Waals surface area contributed by atoms with E-state index < -0.39 is 0 Å². The van der Waals surface area contributed by atoms with Crippen molar-refractivity contribution in [3.8, 4) is 11.5 Å². The van der Waals surface area contributed by atoms with Gasteiger partial charge in [-0.25, -0.2) is 0 Å². The van der Waals surface area contributed by atoms with Crippen LogP contribution in [0, 0.1) is 0 Å². The molecule has 0 aliphatic carbocycles. The van der Waals surface area contributed by atoms with Gasteiger partial charge in [0.2, 0.25) is 6.79 Å². The SMILES string of the molecule is COCCN(Cc1ccc2c(c1)OCO2)C(C)C. The summed E-state index contributed by atoms with van der Waals surface area (Å²) in [7, 11) is 1.74. The minimum atomic E-state index is 0.330. The quantitative estimate of drug-likeness (QED) is 0.776. The first-order chi connectivity index (χ1) is 8.70. The Morgan fingerprint density at radius 1 is 1.28 bits per heavy atom. The predicted molar refractivity (Wildman–Crippen MR) is 70.0 cm³/mol. The molecule has 18 heavy (non-hydrogen) atoms. The van der Waals surface area contributed by atoms with E-state index in [0.29, 0.717) is 12.8 Å². The number of fused-ring (bicyclic) bond motifs is 1. The van der Waals surface area contributed by atoms with Crippen molar-refractivity contribution in [2.45, 2.75) is 26.4 Å². The maximum Gasteiger partial charge on any atom is 0.231 e. The number of methoxy groups -OCH3 is 1. The third kappa shape index (κ3) is 3.15. The first-order valence-electron chi connectivity index (χ1n) is 6.32. The zero-order chi connectivity index (χ0) is 13.0. The maximum atomic E-state index is 5.40. The molecule has 0 saturated carbocycles. The first-order valence-corrected chi connectivity index (χ1v) is 6.32. The second-order valence-corrected chi connectivity index (χ2v) is 4.74. The van der Waals surface area contributed by atoms with Gasteiger partial charge in [-0.3, -0.25) is 4.90 Å². The summed E-state index contributed by atoms with van der Waals surface area (Å²) in [4.78, 5) is 2.38. The van der Waals surface area contributed by atoms with Gasteiger partial charge < -0.3 is 14.2 Å². The lowest BCUT2D eigenvalue weighted by molar-refractivity contribution is 0.125. The highest BCUT2D eigenvalue weighted by Gasteiger charge is 2.15. The molecule has 100 valence electrons. The van der Waals surface area contributed by atoms with Crippen LogP contribution < -0.4 is 9.47 Å². The Morgan fingerprint density at radius 2 is 2.06 bits per heavy atom. The van der Waals surface area contributed by atoms with Crippen LogP contribution >= 0.6 is 0 Å². The summed E-state index contributed by atoms with van der Waals surface area (Å²) in [6.45, 7) is 7.31. The van der Waals surface area contributed by atoms with Crippen molar-refractivity contribution in [3.05, 3.63) is 23.8 Å². The molecule has 0 fully saturated rings. The summed E-state index contributed by atoms with van der Waals surface area (Å²) < 4.78 is 15.9. The van der Waals surface area contributed by atoms with Crippen LogP contribution in [0.1, 0.15) is 19.4 Å². The van der Waals surface area contributed by atoms with E-state index in [1.807, 2.05) is 6.07 Å². The lowest BCUT2D eigenvalue weighted by atomic mass is 10.1. The molecule has 0 saturated heterocycles. The smallest absolute Gasteiger partial charge is 0.231 e. The van der Waals surface area contributed by atoms with E-state index in [0.717, 1.165) is 31.2 Å². The van der Waals surface area contributed by atoms with Gasteiger partial charge in [-0.05, 0) is 31.5 Å². The summed E-state index contributed by atoms with van der Waals surface area (Å²) in [5, 5.41) is 0. The molecule has 0 aromatic heterocycles. The zero-order valence-corrected chi connectivity index (χ0v) is 11.3. The molecule has 1 aromatic rings. The second kappa shape index (κ2) is 6.07. The Kier molecular flexibility index (Phi) is 4.44. The molecule has 0 amide bonds. The summed E-state index contributed by atoms with van der Waals surface area (Å²) in [6.07, 6.45) is 0. The van der Waals surface area contributed by atoms with Crippen molar-refractivity contribution < 1.29 is 14.2 Å². The highest BCUT2D eigenvalue weighted by atomic mass is 16.7. The largest absolute Gasteiger partial charge is 0.454 e. The van der Waals surface area contributed by atoms with Gasteiger partial charge in [-0.2, -0.15) is 0 Å². The summed E-state index contributed by atoms with van der Waals surface area (Å²) in [6, 6.07) is 6.62. The normalized spacial score (nSPS) is 13.6. The van der Waals surface area contributed by atoms with Crippen LogP contribution in [0.5, 0.6) is 11.5 Å². The predicted octanol–water partition coefficient (Wildman–Crippen LogP) is 2.27. The number of hydrogen-bond acceptors (Lipinski definition) is 4. The number of benzene rings is 1. The molecule has 1 aliphatic heterocycles. The average Bonchev–Trinajstić information content (AvgIpc) is 2.81.